The Morgan fingerprint density at radius 2 is 1.47 bits per heavy atom. The molecule has 1 aromatic carbocycles. The molecular formula is C16H28N2S. The summed E-state index contributed by atoms with van der Waals surface area (Å²) in [5.41, 5.74) is 3.62. The van der Waals surface area contributed by atoms with Gasteiger partial charge in [0.15, 0.2) is 0 Å². The molecule has 108 valence electrons. The van der Waals surface area contributed by atoms with E-state index in [2.05, 4.69) is 24.5 Å². The fourth-order valence-corrected chi connectivity index (χ4v) is 2.99. The molecule has 19 heavy (non-hydrogen) atoms. The number of unbranched alkanes of at least 4 members (excludes halogenated alkanes) is 7. The van der Waals surface area contributed by atoms with Crippen LogP contribution in [0.3, 0.4) is 0 Å². The molecule has 0 spiro atoms. The van der Waals surface area contributed by atoms with Crippen molar-refractivity contribution in [3.8, 4) is 0 Å². The second-order valence-electron chi connectivity index (χ2n) is 4.99. The predicted molar refractivity (Wildman–Crippen MR) is 87.6 cm³/mol. The van der Waals surface area contributed by atoms with Crippen LogP contribution in [0.15, 0.2) is 29.2 Å². The van der Waals surface area contributed by atoms with E-state index >= 15 is 0 Å². The van der Waals surface area contributed by atoms with Crippen LogP contribution in [0.1, 0.15) is 58.3 Å². The third kappa shape index (κ3) is 8.17. The van der Waals surface area contributed by atoms with Gasteiger partial charge in [0.05, 0.1) is 0 Å². The molecule has 0 aliphatic heterocycles. The van der Waals surface area contributed by atoms with Crippen LogP contribution in [-0.4, -0.2) is 5.75 Å². The summed E-state index contributed by atoms with van der Waals surface area (Å²) in [6.45, 7) is 2.27. The summed E-state index contributed by atoms with van der Waals surface area (Å²) in [6.07, 6.45) is 11.1. The van der Waals surface area contributed by atoms with Gasteiger partial charge in [-0.1, -0.05) is 51.9 Å². The number of nitrogens with one attached hydrogen (secondary N) is 1. The normalized spacial score (nSPS) is 10.6. The zero-order chi connectivity index (χ0) is 13.8. The molecule has 0 amide bonds. The Kier molecular flexibility index (Phi) is 9.64. The van der Waals surface area contributed by atoms with Crippen LogP contribution in [0.4, 0.5) is 5.69 Å². The molecule has 0 heterocycles. The van der Waals surface area contributed by atoms with Crippen LogP contribution in [0, 0.1) is 0 Å². The SMILES string of the molecule is CCCCCCCCCCSc1ccc(NN)cc1. The summed E-state index contributed by atoms with van der Waals surface area (Å²) in [7, 11) is 0. The van der Waals surface area contributed by atoms with Gasteiger partial charge in [0.1, 0.15) is 0 Å². The Hall–Kier alpha value is -0.670. The van der Waals surface area contributed by atoms with Gasteiger partial charge in [-0.15, -0.1) is 11.8 Å². The fraction of sp³-hybridized carbons (Fsp3) is 0.625. The lowest BCUT2D eigenvalue weighted by Gasteiger charge is -2.04. The number of thioether (sulfide) groups is 1. The quantitative estimate of drug-likeness (QED) is 0.253. The third-order valence-electron chi connectivity index (χ3n) is 3.29. The standard InChI is InChI=1S/C16H28N2S/c1-2-3-4-5-6-7-8-9-14-19-16-12-10-15(18-17)11-13-16/h10-13,18H,2-9,14,17H2,1H3. The number of anilines is 1. The van der Waals surface area contributed by atoms with Crippen molar-refractivity contribution in [3.63, 3.8) is 0 Å². The molecule has 0 aliphatic rings. The number of hydrazine groups is 1. The number of nitrogen functional groups attached to an aromatic ring is 1. The van der Waals surface area contributed by atoms with Gasteiger partial charge in [-0.25, -0.2) is 0 Å². The van der Waals surface area contributed by atoms with Crippen molar-refractivity contribution < 1.29 is 0 Å². The van der Waals surface area contributed by atoms with E-state index in [1.54, 1.807) is 0 Å². The molecule has 0 aliphatic carbocycles. The van der Waals surface area contributed by atoms with Crippen molar-refractivity contribution in [2.24, 2.45) is 5.84 Å². The maximum atomic E-state index is 5.34. The van der Waals surface area contributed by atoms with E-state index in [4.69, 9.17) is 5.84 Å². The molecule has 1 rings (SSSR count). The van der Waals surface area contributed by atoms with Crippen molar-refractivity contribution in [2.75, 3.05) is 11.2 Å². The lowest BCUT2D eigenvalue weighted by atomic mass is 10.1. The van der Waals surface area contributed by atoms with Crippen LogP contribution in [-0.2, 0) is 0 Å². The molecule has 2 nitrogen and oxygen atoms in total. The smallest absolute Gasteiger partial charge is 0.0485 e. The Balaban J connectivity index is 1.95. The maximum Gasteiger partial charge on any atom is 0.0485 e. The highest BCUT2D eigenvalue weighted by Gasteiger charge is 1.95. The lowest BCUT2D eigenvalue weighted by Crippen LogP contribution is -2.05. The van der Waals surface area contributed by atoms with Gasteiger partial charge in [0.25, 0.3) is 0 Å². The highest BCUT2D eigenvalue weighted by molar-refractivity contribution is 7.99. The number of benzene rings is 1. The van der Waals surface area contributed by atoms with Gasteiger partial charge in [-0.05, 0) is 36.4 Å². The molecule has 0 bridgehead atoms. The Morgan fingerprint density at radius 1 is 0.895 bits per heavy atom. The van der Waals surface area contributed by atoms with E-state index in [-0.39, 0.29) is 0 Å². The van der Waals surface area contributed by atoms with Crippen molar-refractivity contribution in [1.82, 2.24) is 0 Å². The van der Waals surface area contributed by atoms with E-state index in [1.165, 1.54) is 62.0 Å². The van der Waals surface area contributed by atoms with E-state index < -0.39 is 0 Å². The van der Waals surface area contributed by atoms with Crippen LogP contribution in [0.25, 0.3) is 0 Å². The summed E-state index contributed by atoms with van der Waals surface area (Å²) in [4.78, 5) is 1.34. The van der Waals surface area contributed by atoms with E-state index in [0.29, 0.717) is 0 Å². The molecule has 0 unspecified atom stereocenters. The third-order valence-corrected chi connectivity index (χ3v) is 4.39. The minimum Gasteiger partial charge on any atom is -0.324 e. The predicted octanol–water partition coefficient (Wildman–Crippen LogP) is 5.21. The molecule has 0 aromatic heterocycles. The first-order chi connectivity index (χ1) is 9.36. The molecule has 1 aromatic rings. The Labute approximate surface area is 122 Å². The van der Waals surface area contributed by atoms with Crippen LogP contribution >= 0.6 is 11.8 Å². The topological polar surface area (TPSA) is 38.0 Å². The highest BCUT2D eigenvalue weighted by Crippen LogP contribution is 2.21. The molecule has 3 N–H and O–H groups in total. The minimum absolute atomic E-state index is 0.969. The molecule has 0 fully saturated rings. The summed E-state index contributed by atoms with van der Waals surface area (Å²) in [5, 5.41) is 0. The van der Waals surface area contributed by atoms with Gasteiger partial charge in [0.2, 0.25) is 0 Å². The highest BCUT2D eigenvalue weighted by atomic mass is 32.2. The largest absolute Gasteiger partial charge is 0.324 e. The summed E-state index contributed by atoms with van der Waals surface area (Å²) >= 11 is 1.94. The number of hydrogen-bond donors (Lipinski definition) is 2. The van der Waals surface area contributed by atoms with E-state index in [9.17, 15) is 0 Å². The molecule has 0 atom stereocenters. The van der Waals surface area contributed by atoms with E-state index in [0.717, 1.165) is 5.69 Å². The molecule has 3 heteroatoms. The molecule has 0 saturated heterocycles. The first kappa shape index (κ1) is 16.4. The van der Waals surface area contributed by atoms with Gasteiger partial charge < -0.3 is 5.43 Å². The van der Waals surface area contributed by atoms with Crippen molar-refractivity contribution in [3.05, 3.63) is 24.3 Å². The van der Waals surface area contributed by atoms with E-state index in [1.807, 2.05) is 23.9 Å². The Morgan fingerprint density at radius 3 is 2.05 bits per heavy atom. The molecule has 0 saturated carbocycles. The summed E-state index contributed by atoms with van der Waals surface area (Å²) < 4.78 is 0. The average Bonchev–Trinajstić information content (AvgIpc) is 2.46. The van der Waals surface area contributed by atoms with Crippen LogP contribution in [0.5, 0.6) is 0 Å². The monoisotopic (exact) mass is 280 g/mol. The van der Waals surface area contributed by atoms with Gasteiger partial charge in [0, 0.05) is 10.6 Å². The number of nitrogens with two attached hydrogens (primary N) is 1. The average molecular weight is 280 g/mol. The maximum absolute atomic E-state index is 5.34. The zero-order valence-electron chi connectivity index (χ0n) is 12.2. The number of rotatable bonds is 11. The lowest BCUT2D eigenvalue weighted by molar-refractivity contribution is 0.586. The molecule has 0 radical (unpaired) electrons. The second-order valence-corrected chi connectivity index (χ2v) is 6.16. The summed E-state index contributed by atoms with van der Waals surface area (Å²) in [6, 6.07) is 8.31. The van der Waals surface area contributed by atoms with Gasteiger partial charge >= 0.3 is 0 Å². The van der Waals surface area contributed by atoms with Crippen molar-refractivity contribution in [1.29, 1.82) is 0 Å². The fourth-order valence-electron chi connectivity index (χ4n) is 2.07. The first-order valence-electron chi connectivity index (χ1n) is 7.56. The second kappa shape index (κ2) is 11.2. The Bertz CT molecular complexity index is 311. The zero-order valence-corrected chi connectivity index (χ0v) is 13.0. The van der Waals surface area contributed by atoms with Gasteiger partial charge in [-0.3, -0.25) is 5.84 Å². The van der Waals surface area contributed by atoms with Crippen LogP contribution in [0.2, 0.25) is 0 Å². The van der Waals surface area contributed by atoms with Gasteiger partial charge in [-0.2, -0.15) is 0 Å². The number of hydrogen-bond acceptors (Lipinski definition) is 3. The van der Waals surface area contributed by atoms with Crippen molar-refractivity contribution in [2.45, 2.75) is 63.2 Å². The van der Waals surface area contributed by atoms with Crippen molar-refractivity contribution >= 4 is 17.4 Å². The first-order valence-corrected chi connectivity index (χ1v) is 8.55. The molecular weight excluding hydrogens is 252 g/mol. The minimum atomic E-state index is 0.969. The van der Waals surface area contributed by atoms with Crippen LogP contribution < -0.4 is 11.3 Å². The summed E-state index contributed by atoms with van der Waals surface area (Å²) in [5.74, 6) is 6.57.